The molecule has 0 bridgehead atoms. The highest BCUT2D eigenvalue weighted by molar-refractivity contribution is 7.98. The summed E-state index contributed by atoms with van der Waals surface area (Å²) in [5, 5.41) is 43.6. The van der Waals surface area contributed by atoms with E-state index < -0.39 is 158 Å². The second kappa shape index (κ2) is 36.1. The molecule has 1 aromatic rings. The van der Waals surface area contributed by atoms with E-state index in [9.17, 15) is 67.7 Å². The van der Waals surface area contributed by atoms with Crippen LogP contribution in [0.1, 0.15) is 85.1 Å². The Labute approximate surface area is 446 Å². The van der Waals surface area contributed by atoms with Gasteiger partial charge < -0.3 is 80.6 Å². The Morgan fingerprint density at radius 1 is 0.592 bits per heavy atom. The van der Waals surface area contributed by atoms with E-state index in [4.69, 9.17) is 17.2 Å². The molecule has 11 amide bonds. The maximum absolute atomic E-state index is 14.1. The first-order chi connectivity index (χ1) is 35.9. The van der Waals surface area contributed by atoms with Gasteiger partial charge in [-0.25, -0.2) is 4.79 Å². The molecule has 0 spiro atoms. The Balaban J connectivity index is 3.17. The molecule has 28 heteroatoms. The number of aliphatic hydroxyl groups is 1. The number of primary amides is 1. The molecule has 0 saturated carbocycles. The van der Waals surface area contributed by atoms with Crippen LogP contribution in [0.3, 0.4) is 0 Å². The van der Waals surface area contributed by atoms with Crippen LogP contribution in [-0.2, 0) is 64.0 Å². The maximum Gasteiger partial charge on any atom is 0.326 e. The number of benzene rings is 1. The minimum atomic E-state index is -1.67. The third-order valence-electron chi connectivity index (χ3n) is 11.5. The zero-order chi connectivity index (χ0) is 57.5. The molecule has 0 heterocycles. The first kappa shape index (κ1) is 67.1. The fourth-order valence-electron chi connectivity index (χ4n) is 7.12. The summed E-state index contributed by atoms with van der Waals surface area (Å²) in [6.07, 6.45) is 2.39. The van der Waals surface area contributed by atoms with Crippen LogP contribution >= 0.6 is 11.8 Å². The molecule has 9 atom stereocenters. The summed E-state index contributed by atoms with van der Waals surface area (Å²) in [6, 6.07) is -2.16. The Bertz CT molecular complexity index is 2120. The van der Waals surface area contributed by atoms with Crippen LogP contribution in [0, 0.1) is 11.8 Å². The molecule has 0 aliphatic heterocycles. The van der Waals surface area contributed by atoms with Crippen molar-refractivity contribution in [3.63, 3.8) is 0 Å². The van der Waals surface area contributed by atoms with Crippen molar-refractivity contribution in [2.24, 2.45) is 29.0 Å². The van der Waals surface area contributed by atoms with Gasteiger partial charge in [0, 0.05) is 6.42 Å². The fourth-order valence-corrected chi connectivity index (χ4v) is 7.59. The van der Waals surface area contributed by atoms with E-state index in [0.717, 1.165) is 0 Å². The van der Waals surface area contributed by atoms with E-state index in [-0.39, 0.29) is 38.1 Å². The molecule has 18 N–H and O–H groups in total. The van der Waals surface area contributed by atoms with Crippen molar-refractivity contribution in [2.75, 3.05) is 44.8 Å². The van der Waals surface area contributed by atoms with Crippen LogP contribution in [0.15, 0.2) is 30.3 Å². The number of nitrogens with two attached hydrogens (primary N) is 3. The van der Waals surface area contributed by atoms with Gasteiger partial charge in [0.05, 0.1) is 32.7 Å². The van der Waals surface area contributed by atoms with Crippen molar-refractivity contribution in [1.82, 2.24) is 53.2 Å². The summed E-state index contributed by atoms with van der Waals surface area (Å²) in [6.45, 7) is 5.88. The van der Waals surface area contributed by atoms with Gasteiger partial charge in [-0.05, 0) is 75.0 Å². The van der Waals surface area contributed by atoms with E-state index >= 15 is 0 Å². The SMILES string of the molecule is CC[C@H](C)[C@H](NC(=O)[C@H](Cc1ccccc1)NC(=O)[C@H](C)NC(=O)CNC(=O)[C@H](CCCCN)NC(=O)[C@H](CC(N)=O)NC(=O)[C@H](CO)NC(=O)CN)C(=O)NCC(=O)N[C@@H](CC(C)C)C(=O)N[C@@H](CCSC)C(=O)O. The number of aliphatic carboxylic acids is 1. The van der Waals surface area contributed by atoms with Crippen molar-refractivity contribution in [3.8, 4) is 0 Å². The number of amides is 11. The molecule has 1 rings (SSSR count). The van der Waals surface area contributed by atoms with Gasteiger partial charge in [-0.1, -0.05) is 64.4 Å². The monoisotopic (exact) mass is 1090 g/mol. The van der Waals surface area contributed by atoms with Gasteiger partial charge >= 0.3 is 5.97 Å². The number of hydrogen-bond donors (Lipinski definition) is 15. The standard InChI is InChI=1S/C48H79N13O14S/c1-7-27(4)40(47(73)53-24-39(66)55-32(19-26(2)3)43(69)58-31(48(74)75)16-18-76-6)61-45(71)33(20-29-13-9-8-10-14-29)59-41(67)28(5)54-38(65)23-52-42(68)30(15-11-12-17-49)57-44(70)34(21-36(51)63)60-46(72)35(25-62)56-37(64)22-50/h8-10,13-14,26-28,30-35,40,62H,7,11-12,15-25,49-50H2,1-6H3,(H2,51,63)(H,52,68)(H,53,73)(H,54,65)(H,55,66)(H,56,64)(H,57,70)(H,58,69)(H,59,67)(H,60,72)(H,61,71)(H,74,75)/t27-,28-,30-,31-,32-,33-,34-,35-,40-/m0/s1. The fraction of sp³-hybridized carbons (Fsp3) is 0.625. The third-order valence-corrected chi connectivity index (χ3v) is 12.2. The van der Waals surface area contributed by atoms with Crippen LogP contribution < -0.4 is 70.4 Å². The lowest BCUT2D eigenvalue weighted by atomic mass is 9.97. The Hall–Kier alpha value is -6.91. The summed E-state index contributed by atoms with van der Waals surface area (Å²) in [7, 11) is 0. The van der Waals surface area contributed by atoms with Gasteiger partial charge in [0.1, 0.15) is 48.3 Å². The predicted octanol–water partition coefficient (Wildman–Crippen LogP) is -4.75. The molecule has 1 aromatic carbocycles. The van der Waals surface area contributed by atoms with E-state index in [1.54, 1.807) is 50.4 Å². The number of hydrogen-bond acceptors (Lipinski definition) is 16. The summed E-state index contributed by atoms with van der Waals surface area (Å²) < 4.78 is 0. The average Bonchev–Trinajstić information content (AvgIpc) is 3.37. The topological polar surface area (TPSA) is 444 Å². The highest BCUT2D eigenvalue weighted by Crippen LogP contribution is 2.12. The lowest BCUT2D eigenvalue weighted by Gasteiger charge is -2.27. The first-order valence-corrected chi connectivity index (χ1v) is 26.3. The molecular formula is C48H79N13O14S. The van der Waals surface area contributed by atoms with Crippen LogP contribution in [0.4, 0.5) is 0 Å². The van der Waals surface area contributed by atoms with E-state index in [2.05, 4.69) is 53.2 Å². The van der Waals surface area contributed by atoms with Gasteiger partial charge in [0.2, 0.25) is 65.0 Å². The van der Waals surface area contributed by atoms with Gasteiger partial charge in [-0.3, -0.25) is 52.7 Å². The molecule has 0 radical (unpaired) electrons. The number of carbonyl (C=O) groups is 12. The van der Waals surface area contributed by atoms with Gasteiger partial charge in [0.25, 0.3) is 0 Å². The van der Waals surface area contributed by atoms with Gasteiger partial charge in [0.15, 0.2) is 0 Å². The second-order valence-electron chi connectivity index (χ2n) is 18.4. The number of unbranched alkanes of at least 4 members (excludes halogenated alkanes) is 1. The lowest BCUT2D eigenvalue weighted by Crippen LogP contribution is -2.59. The van der Waals surface area contributed by atoms with Gasteiger partial charge in [-0.15, -0.1) is 0 Å². The predicted molar refractivity (Wildman–Crippen MR) is 280 cm³/mol. The van der Waals surface area contributed by atoms with Crippen LogP contribution in [0.25, 0.3) is 0 Å². The van der Waals surface area contributed by atoms with Gasteiger partial charge in [-0.2, -0.15) is 11.8 Å². The summed E-state index contributed by atoms with van der Waals surface area (Å²) >= 11 is 1.41. The lowest BCUT2D eigenvalue weighted by molar-refractivity contribution is -0.142. The smallest absolute Gasteiger partial charge is 0.326 e. The number of aliphatic hydroxyl groups excluding tert-OH is 1. The van der Waals surface area contributed by atoms with Crippen molar-refractivity contribution in [3.05, 3.63) is 35.9 Å². The highest BCUT2D eigenvalue weighted by atomic mass is 32.2. The molecule has 27 nitrogen and oxygen atoms in total. The maximum atomic E-state index is 14.1. The molecule has 0 aliphatic carbocycles. The van der Waals surface area contributed by atoms with Crippen molar-refractivity contribution >= 4 is 82.7 Å². The summed E-state index contributed by atoms with van der Waals surface area (Å²) in [4.78, 5) is 156. The van der Waals surface area contributed by atoms with E-state index in [1.165, 1.54) is 18.7 Å². The molecule has 426 valence electrons. The zero-order valence-electron chi connectivity index (χ0n) is 44.0. The normalized spacial score (nSPS) is 14.5. The van der Waals surface area contributed by atoms with Crippen molar-refractivity contribution in [1.29, 1.82) is 0 Å². The molecule has 0 aromatic heterocycles. The number of thioether (sulfide) groups is 1. The van der Waals surface area contributed by atoms with E-state index in [1.807, 2.05) is 13.8 Å². The number of carboxylic acid groups (broad SMARTS) is 1. The number of rotatable bonds is 37. The quantitative estimate of drug-likeness (QED) is 0.0278. The minimum absolute atomic E-state index is 0.0202. The van der Waals surface area contributed by atoms with Crippen LogP contribution in [0.2, 0.25) is 0 Å². The molecular weight excluding hydrogens is 1010 g/mol. The molecule has 0 fully saturated rings. The third kappa shape index (κ3) is 26.0. The molecule has 0 unspecified atom stereocenters. The number of carbonyl (C=O) groups excluding carboxylic acids is 11. The van der Waals surface area contributed by atoms with E-state index in [0.29, 0.717) is 30.6 Å². The Kier molecular flexibility index (Phi) is 31.9. The van der Waals surface area contributed by atoms with Crippen molar-refractivity contribution < 1.29 is 67.7 Å². The Morgan fingerprint density at radius 2 is 1.13 bits per heavy atom. The summed E-state index contributed by atoms with van der Waals surface area (Å²) in [5.41, 5.74) is 16.8. The van der Waals surface area contributed by atoms with Crippen LogP contribution in [0.5, 0.6) is 0 Å². The molecule has 76 heavy (non-hydrogen) atoms. The molecule has 0 aliphatic rings. The van der Waals surface area contributed by atoms with Crippen LogP contribution in [-0.4, -0.2) is 174 Å². The summed E-state index contributed by atoms with van der Waals surface area (Å²) in [5.74, 6) is -10.9. The average molecular weight is 1090 g/mol. The number of carboxylic acids is 1. The number of nitrogens with one attached hydrogen (secondary N) is 10. The Morgan fingerprint density at radius 3 is 1.68 bits per heavy atom. The van der Waals surface area contributed by atoms with Crippen molar-refractivity contribution in [2.45, 2.75) is 134 Å². The zero-order valence-corrected chi connectivity index (χ0v) is 44.8. The first-order valence-electron chi connectivity index (χ1n) is 24.9. The molecule has 0 saturated heterocycles. The highest BCUT2D eigenvalue weighted by Gasteiger charge is 2.34. The largest absolute Gasteiger partial charge is 0.480 e. The minimum Gasteiger partial charge on any atom is -0.480 e. The second-order valence-corrected chi connectivity index (χ2v) is 19.3.